The number of para-hydroxylation sites is 1. The molecule has 0 bridgehead atoms. The van der Waals surface area contributed by atoms with Crippen molar-refractivity contribution in [3.63, 3.8) is 0 Å². The molecule has 1 amide bonds. The van der Waals surface area contributed by atoms with E-state index in [1.54, 1.807) is 4.90 Å². The molecule has 212 valence electrons. The van der Waals surface area contributed by atoms with E-state index in [1.807, 2.05) is 64.1 Å². The summed E-state index contributed by atoms with van der Waals surface area (Å²) in [6, 6.07) is 11.6. The molecule has 12 heteroatoms. The molecule has 8 nitrogen and oxygen atoms in total. The molecule has 5 rings (SSSR count). The van der Waals surface area contributed by atoms with Gasteiger partial charge in [-0.1, -0.05) is 59.2 Å². The fourth-order valence-corrected chi connectivity index (χ4v) is 8.47. The summed E-state index contributed by atoms with van der Waals surface area (Å²) in [5.74, 6) is -1.55. The van der Waals surface area contributed by atoms with Crippen molar-refractivity contribution in [1.82, 2.24) is 4.98 Å². The van der Waals surface area contributed by atoms with Crippen LogP contribution in [0.15, 0.2) is 50.4 Å². The number of thioether (sulfide) groups is 2. The van der Waals surface area contributed by atoms with Gasteiger partial charge < -0.3 is 14.2 Å². The third kappa shape index (κ3) is 5.18. The zero-order chi connectivity index (χ0) is 29.6. The van der Waals surface area contributed by atoms with Crippen LogP contribution in [-0.4, -0.2) is 54.1 Å². The average molecular weight is 627 g/mol. The maximum absolute atomic E-state index is 13.9. The number of benzene rings is 2. The fourth-order valence-electron chi connectivity index (χ4n) is 4.62. The van der Waals surface area contributed by atoms with E-state index in [9.17, 15) is 14.4 Å². The summed E-state index contributed by atoms with van der Waals surface area (Å²) >= 11 is 9.68. The van der Waals surface area contributed by atoms with Crippen LogP contribution in [0.2, 0.25) is 0 Å². The third-order valence-electron chi connectivity index (χ3n) is 6.85. The van der Waals surface area contributed by atoms with E-state index < -0.39 is 17.5 Å². The van der Waals surface area contributed by atoms with Crippen molar-refractivity contribution in [2.75, 3.05) is 25.7 Å². The Labute approximate surface area is 255 Å². The molecule has 3 heterocycles. The molecule has 0 spiro atoms. The van der Waals surface area contributed by atoms with Gasteiger partial charge in [-0.2, -0.15) is 0 Å². The number of carbonyl (C=O) groups is 3. The molecule has 0 atom stereocenters. The number of carbonyl (C=O) groups excluding carboxylic acids is 3. The Morgan fingerprint density at radius 1 is 0.976 bits per heavy atom. The number of thiocarbonyl (C=S) groups is 1. The van der Waals surface area contributed by atoms with Gasteiger partial charge in [-0.15, -0.1) is 0 Å². The fraction of sp³-hybridized carbons (Fsp3) is 0.276. The molecule has 1 aromatic heterocycles. The lowest BCUT2D eigenvalue weighted by atomic mass is 9.82. The normalized spacial score (nSPS) is 16.2. The van der Waals surface area contributed by atoms with Crippen LogP contribution in [0.5, 0.6) is 5.19 Å². The molecule has 0 saturated heterocycles. The number of rotatable bonds is 5. The zero-order valence-electron chi connectivity index (χ0n) is 23.1. The third-order valence-corrected chi connectivity index (χ3v) is 11.1. The van der Waals surface area contributed by atoms with Gasteiger partial charge in [0.25, 0.3) is 11.1 Å². The highest BCUT2D eigenvalue weighted by Crippen LogP contribution is 2.56. The van der Waals surface area contributed by atoms with Crippen LogP contribution < -0.4 is 9.64 Å². The maximum Gasteiger partial charge on any atom is 0.346 e. The topological polar surface area (TPSA) is 95.0 Å². The summed E-state index contributed by atoms with van der Waals surface area (Å²) in [6.07, 6.45) is 0. The van der Waals surface area contributed by atoms with Crippen LogP contribution in [0.25, 0.3) is 15.8 Å². The highest BCUT2D eigenvalue weighted by atomic mass is 32.2. The number of anilines is 1. The number of aryl methyl sites for hydroxylation is 2. The number of esters is 2. The first-order valence-electron chi connectivity index (χ1n) is 12.5. The smallest absolute Gasteiger partial charge is 0.346 e. The number of ether oxygens (including phenoxy) is 3. The van der Waals surface area contributed by atoms with Crippen LogP contribution in [0.3, 0.4) is 0 Å². The molecule has 41 heavy (non-hydrogen) atoms. The molecule has 0 aliphatic carbocycles. The Balaban J connectivity index is 1.56. The Morgan fingerprint density at radius 2 is 1.59 bits per heavy atom. The summed E-state index contributed by atoms with van der Waals surface area (Å²) in [5.41, 5.74) is 3.96. The minimum Gasteiger partial charge on any atom is -0.465 e. The van der Waals surface area contributed by atoms with Crippen molar-refractivity contribution in [1.29, 1.82) is 0 Å². The Bertz CT molecular complexity index is 1640. The van der Waals surface area contributed by atoms with Crippen molar-refractivity contribution >= 4 is 91.3 Å². The van der Waals surface area contributed by atoms with Gasteiger partial charge in [-0.3, -0.25) is 9.69 Å². The quantitative estimate of drug-likeness (QED) is 0.185. The van der Waals surface area contributed by atoms with E-state index in [1.165, 1.54) is 25.6 Å². The number of fused-ring (bicyclic) bond motifs is 2. The van der Waals surface area contributed by atoms with Gasteiger partial charge in [0.05, 0.1) is 44.8 Å². The van der Waals surface area contributed by atoms with E-state index in [0.29, 0.717) is 25.6 Å². The molecule has 2 aliphatic rings. The van der Waals surface area contributed by atoms with Crippen molar-refractivity contribution in [3.05, 3.63) is 67.1 Å². The molecule has 2 aromatic carbocycles. The summed E-state index contributed by atoms with van der Waals surface area (Å²) in [6.45, 7) is 7.49. The van der Waals surface area contributed by atoms with Gasteiger partial charge in [0.15, 0.2) is 6.61 Å². The second-order valence-electron chi connectivity index (χ2n) is 9.82. The second kappa shape index (κ2) is 11.2. The summed E-state index contributed by atoms with van der Waals surface area (Å²) in [7, 11) is 2.52. The first-order chi connectivity index (χ1) is 19.5. The van der Waals surface area contributed by atoms with Gasteiger partial charge in [0.2, 0.25) is 0 Å². The van der Waals surface area contributed by atoms with E-state index in [-0.39, 0.29) is 22.3 Å². The Morgan fingerprint density at radius 3 is 2.20 bits per heavy atom. The summed E-state index contributed by atoms with van der Waals surface area (Å²) in [4.78, 5) is 45.9. The molecule has 0 unspecified atom stereocenters. The number of nitrogens with zero attached hydrogens (tertiary/aromatic N) is 2. The SMILES string of the molecule is COC(=O)C1=C(C(=O)OC)SC(=C2C(=S)C(C)(C)N(C(=O)COc3nc4ccccc4s3)c3cc(C)c(C)cc32)S1. The predicted octanol–water partition coefficient (Wildman–Crippen LogP) is 6.19. The van der Waals surface area contributed by atoms with Crippen molar-refractivity contribution in [3.8, 4) is 5.19 Å². The molecule has 2 aliphatic heterocycles. The minimum absolute atomic E-state index is 0.139. The van der Waals surface area contributed by atoms with Crippen LogP contribution in [0.4, 0.5) is 5.69 Å². The molecule has 3 aromatic rings. The first kappa shape index (κ1) is 29.3. The maximum atomic E-state index is 13.9. The van der Waals surface area contributed by atoms with Crippen molar-refractivity contribution in [2.45, 2.75) is 33.2 Å². The average Bonchev–Trinajstić information content (AvgIpc) is 3.57. The van der Waals surface area contributed by atoms with Crippen molar-refractivity contribution < 1.29 is 28.6 Å². The number of thiazole rings is 1. The summed E-state index contributed by atoms with van der Waals surface area (Å²) in [5, 5.41) is 0.413. The van der Waals surface area contributed by atoms with Gasteiger partial charge >= 0.3 is 11.9 Å². The number of amides is 1. The highest BCUT2D eigenvalue weighted by molar-refractivity contribution is 8.29. The zero-order valence-corrected chi connectivity index (χ0v) is 26.4. The summed E-state index contributed by atoms with van der Waals surface area (Å²) < 4.78 is 17.4. The monoisotopic (exact) mass is 626 g/mol. The Hall–Kier alpha value is -3.19. The number of hydrogen-bond acceptors (Lipinski definition) is 11. The van der Waals surface area contributed by atoms with E-state index in [4.69, 9.17) is 26.4 Å². The molecule has 0 radical (unpaired) electrons. The number of aromatic nitrogens is 1. The van der Waals surface area contributed by atoms with Gasteiger partial charge in [0.1, 0.15) is 9.81 Å². The Kier molecular flexibility index (Phi) is 8.03. The second-order valence-corrected chi connectivity index (χ2v) is 13.5. The first-order valence-corrected chi connectivity index (χ1v) is 15.3. The van der Waals surface area contributed by atoms with Crippen LogP contribution in [0.1, 0.15) is 30.5 Å². The number of hydrogen-bond donors (Lipinski definition) is 0. The van der Waals surface area contributed by atoms with Gasteiger partial charge in [-0.25, -0.2) is 14.6 Å². The molecule has 0 saturated carbocycles. The highest BCUT2D eigenvalue weighted by Gasteiger charge is 2.46. The lowest BCUT2D eigenvalue weighted by Gasteiger charge is -2.45. The predicted molar refractivity (Wildman–Crippen MR) is 168 cm³/mol. The largest absolute Gasteiger partial charge is 0.465 e. The lowest BCUT2D eigenvalue weighted by molar-refractivity contribution is -0.138. The van der Waals surface area contributed by atoms with Crippen LogP contribution >= 0.6 is 47.1 Å². The van der Waals surface area contributed by atoms with Crippen molar-refractivity contribution in [2.24, 2.45) is 0 Å². The van der Waals surface area contributed by atoms with Crippen LogP contribution in [0, 0.1) is 13.8 Å². The lowest BCUT2D eigenvalue weighted by Crippen LogP contribution is -2.57. The molecule has 0 fully saturated rings. The number of methoxy groups -OCH3 is 2. The standard InChI is InChI=1S/C29H26N2O6S4/c1-14-11-16-18(12-15(14)2)31(20(32)13-37-28-30-17-9-7-8-10-19(17)39-28)29(3,4)24(38)21(16)27-40-22(25(33)35-5)23(41-27)26(34)36-6/h7-12H,13H2,1-6H3. The van der Waals surface area contributed by atoms with Gasteiger partial charge in [0, 0.05) is 11.1 Å². The van der Waals surface area contributed by atoms with E-state index >= 15 is 0 Å². The van der Waals surface area contributed by atoms with E-state index in [2.05, 4.69) is 4.98 Å². The minimum atomic E-state index is -0.943. The van der Waals surface area contributed by atoms with Crippen LogP contribution in [-0.2, 0) is 23.9 Å². The molecular formula is C29H26N2O6S4. The van der Waals surface area contributed by atoms with E-state index in [0.717, 1.165) is 50.4 Å². The molecular weight excluding hydrogens is 601 g/mol. The molecule has 0 N–H and O–H groups in total. The van der Waals surface area contributed by atoms with Gasteiger partial charge in [-0.05, 0) is 63.1 Å².